The molecule has 3 atom stereocenters. The number of hydrogen-bond acceptors (Lipinski definition) is 5. The van der Waals surface area contributed by atoms with E-state index in [4.69, 9.17) is 4.74 Å². The molecule has 0 saturated carbocycles. The third-order valence-electron chi connectivity index (χ3n) is 12.4. The van der Waals surface area contributed by atoms with E-state index < -0.39 is 18.2 Å². The van der Waals surface area contributed by atoms with Crippen LogP contribution in [0.3, 0.4) is 0 Å². The van der Waals surface area contributed by atoms with Crippen molar-refractivity contribution >= 4 is 11.9 Å². The number of hydrogen-bond donors (Lipinski definition) is 3. The molecule has 0 aliphatic heterocycles. The number of carbonyl (C=O) groups is 2. The van der Waals surface area contributed by atoms with Crippen LogP contribution in [0.5, 0.6) is 0 Å². The van der Waals surface area contributed by atoms with Gasteiger partial charge in [-0.05, 0) is 83.5 Å². The van der Waals surface area contributed by atoms with E-state index in [9.17, 15) is 19.8 Å². The molecule has 3 unspecified atom stereocenters. The van der Waals surface area contributed by atoms with Crippen LogP contribution < -0.4 is 5.32 Å². The Morgan fingerprint density at radius 3 is 1.33 bits per heavy atom. The maximum Gasteiger partial charge on any atom is 0.306 e. The summed E-state index contributed by atoms with van der Waals surface area (Å²) in [6, 6.07) is -0.711. The maximum absolute atomic E-state index is 13.2. The lowest BCUT2D eigenvalue weighted by atomic mass is 10.0. The molecule has 3 N–H and O–H groups in total. The summed E-state index contributed by atoms with van der Waals surface area (Å²) in [6.07, 6.45) is 61.7. The minimum Gasteiger partial charge on any atom is -0.462 e. The monoisotopic (exact) mass is 884 g/mol. The van der Waals surface area contributed by atoms with Crippen LogP contribution in [-0.2, 0) is 14.3 Å². The first kappa shape index (κ1) is 60.8. The largest absolute Gasteiger partial charge is 0.462 e. The summed E-state index contributed by atoms with van der Waals surface area (Å²) in [5, 5.41) is 23.8. The Bertz CT molecular complexity index is 1080. The highest BCUT2D eigenvalue weighted by molar-refractivity contribution is 5.77. The number of ether oxygens (including phenoxy) is 1. The van der Waals surface area contributed by atoms with E-state index in [1.165, 1.54) is 135 Å². The van der Waals surface area contributed by atoms with Crippen molar-refractivity contribution in [3.8, 4) is 0 Å². The Kier molecular flexibility index (Phi) is 49.1. The highest BCUT2D eigenvalue weighted by atomic mass is 16.5. The molecule has 0 aromatic heterocycles. The van der Waals surface area contributed by atoms with Crippen molar-refractivity contribution in [1.29, 1.82) is 0 Å². The third kappa shape index (κ3) is 46.2. The smallest absolute Gasteiger partial charge is 0.306 e. The van der Waals surface area contributed by atoms with Gasteiger partial charge in [-0.2, -0.15) is 0 Å². The fourth-order valence-corrected chi connectivity index (χ4v) is 8.26. The molecule has 0 aromatic rings. The minimum atomic E-state index is -0.795. The third-order valence-corrected chi connectivity index (χ3v) is 12.4. The predicted octanol–water partition coefficient (Wildman–Crippen LogP) is 16.6. The zero-order valence-electron chi connectivity index (χ0n) is 42.0. The predicted molar refractivity (Wildman–Crippen MR) is 273 cm³/mol. The number of esters is 1. The van der Waals surface area contributed by atoms with Crippen molar-refractivity contribution in [3.63, 3.8) is 0 Å². The molecular weight excluding hydrogens is 779 g/mol. The molecule has 0 bridgehead atoms. The summed E-state index contributed by atoms with van der Waals surface area (Å²) in [7, 11) is 0. The molecular formula is C57H105NO5. The van der Waals surface area contributed by atoms with Crippen molar-refractivity contribution in [2.45, 2.75) is 296 Å². The standard InChI is InChI=1S/C57H105NO5/c1-4-7-10-13-16-19-22-25-28-29-30-33-36-39-42-45-48-53(63-57(62)50-47-44-41-38-35-32-27-24-21-18-15-12-9-6-3)51-56(61)58-54(52-59)55(60)49-46-43-40-37-34-31-26-23-20-17-14-11-8-5-2/h9,12,18,21,27,30,32-33,53-55,59-60H,4-8,10-11,13-17,19-20,22-26,28-29,31,34-52H2,1-3H3,(H,58,61)/b12-9+,21-18+,32-27+,33-30+. The lowest BCUT2D eigenvalue weighted by Crippen LogP contribution is -2.46. The number of unbranched alkanes of at least 4 members (excludes halogenated alkanes) is 29. The molecule has 0 rings (SSSR count). The van der Waals surface area contributed by atoms with Gasteiger partial charge in [0, 0.05) is 6.42 Å². The van der Waals surface area contributed by atoms with Crippen LogP contribution in [-0.4, -0.2) is 46.9 Å². The summed E-state index contributed by atoms with van der Waals surface area (Å²) >= 11 is 0. The van der Waals surface area contributed by atoms with E-state index >= 15 is 0 Å². The van der Waals surface area contributed by atoms with Crippen LogP contribution in [0.15, 0.2) is 48.6 Å². The Labute approximate surface area is 391 Å². The lowest BCUT2D eigenvalue weighted by molar-refractivity contribution is -0.151. The molecule has 0 saturated heterocycles. The molecule has 6 heteroatoms. The van der Waals surface area contributed by atoms with Crippen LogP contribution in [0.2, 0.25) is 0 Å². The van der Waals surface area contributed by atoms with Gasteiger partial charge in [-0.3, -0.25) is 9.59 Å². The van der Waals surface area contributed by atoms with Gasteiger partial charge in [0.2, 0.25) is 5.91 Å². The topological polar surface area (TPSA) is 95.9 Å². The van der Waals surface area contributed by atoms with Crippen LogP contribution >= 0.6 is 0 Å². The molecule has 0 heterocycles. The van der Waals surface area contributed by atoms with Gasteiger partial charge in [0.1, 0.15) is 6.10 Å². The van der Waals surface area contributed by atoms with E-state index in [2.05, 4.69) is 74.7 Å². The summed E-state index contributed by atoms with van der Waals surface area (Å²) in [4.78, 5) is 26.2. The van der Waals surface area contributed by atoms with Gasteiger partial charge in [-0.1, -0.05) is 230 Å². The fraction of sp³-hybridized carbons (Fsp3) is 0.825. The number of allylic oxidation sites excluding steroid dienone is 8. The average Bonchev–Trinajstić information content (AvgIpc) is 3.28. The molecule has 0 spiro atoms. The van der Waals surface area contributed by atoms with Crippen LogP contribution in [0.1, 0.15) is 278 Å². The molecule has 0 aromatic carbocycles. The van der Waals surface area contributed by atoms with Crippen molar-refractivity contribution in [2.75, 3.05) is 6.61 Å². The summed E-state index contributed by atoms with van der Waals surface area (Å²) in [5.41, 5.74) is 0. The summed E-state index contributed by atoms with van der Waals surface area (Å²) < 4.78 is 5.93. The number of carbonyl (C=O) groups excluding carboxylic acids is 2. The van der Waals surface area contributed by atoms with Crippen LogP contribution in [0.25, 0.3) is 0 Å². The molecule has 0 fully saturated rings. The van der Waals surface area contributed by atoms with Crippen molar-refractivity contribution < 1.29 is 24.5 Å². The normalized spacial score (nSPS) is 13.5. The van der Waals surface area contributed by atoms with Crippen LogP contribution in [0, 0.1) is 0 Å². The second-order valence-corrected chi connectivity index (χ2v) is 18.6. The van der Waals surface area contributed by atoms with E-state index in [0.29, 0.717) is 19.3 Å². The highest BCUT2D eigenvalue weighted by Crippen LogP contribution is 2.18. The molecule has 0 radical (unpaired) electrons. The Morgan fingerprint density at radius 1 is 0.476 bits per heavy atom. The van der Waals surface area contributed by atoms with E-state index in [0.717, 1.165) is 96.3 Å². The quantitative estimate of drug-likeness (QED) is 0.0321. The summed E-state index contributed by atoms with van der Waals surface area (Å²) in [5.74, 6) is -0.507. The summed E-state index contributed by atoms with van der Waals surface area (Å²) in [6.45, 7) is 6.38. The van der Waals surface area contributed by atoms with Crippen LogP contribution in [0.4, 0.5) is 0 Å². The van der Waals surface area contributed by atoms with Gasteiger partial charge < -0.3 is 20.3 Å². The second-order valence-electron chi connectivity index (χ2n) is 18.6. The maximum atomic E-state index is 13.2. The number of rotatable bonds is 49. The molecule has 0 aliphatic carbocycles. The van der Waals surface area contributed by atoms with Crippen molar-refractivity contribution in [3.05, 3.63) is 48.6 Å². The highest BCUT2D eigenvalue weighted by Gasteiger charge is 2.24. The first-order valence-electron chi connectivity index (χ1n) is 27.4. The molecule has 1 amide bonds. The van der Waals surface area contributed by atoms with Crippen molar-refractivity contribution in [1.82, 2.24) is 5.32 Å². The van der Waals surface area contributed by atoms with E-state index in [1.54, 1.807) is 0 Å². The fourth-order valence-electron chi connectivity index (χ4n) is 8.26. The van der Waals surface area contributed by atoms with Gasteiger partial charge in [0.15, 0.2) is 0 Å². The van der Waals surface area contributed by atoms with Crippen molar-refractivity contribution in [2.24, 2.45) is 0 Å². The molecule has 368 valence electrons. The molecule has 63 heavy (non-hydrogen) atoms. The van der Waals surface area contributed by atoms with Gasteiger partial charge >= 0.3 is 5.97 Å². The second kappa shape index (κ2) is 50.8. The van der Waals surface area contributed by atoms with Gasteiger partial charge in [0.05, 0.1) is 25.2 Å². The van der Waals surface area contributed by atoms with Gasteiger partial charge in [-0.15, -0.1) is 0 Å². The zero-order valence-corrected chi connectivity index (χ0v) is 42.0. The molecule has 6 nitrogen and oxygen atoms in total. The van der Waals surface area contributed by atoms with E-state index in [1.807, 2.05) is 0 Å². The lowest BCUT2D eigenvalue weighted by Gasteiger charge is -2.24. The van der Waals surface area contributed by atoms with Gasteiger partial charge in [0.25, 0.3) is 0 Å². The average molecular weight is 884 g/mol. The Morgan fingerprint density at radius 2 is 0.857 bits per heavy atom. The Balaban J connectivity index is 4.61. The Hall–Kier alpha value is -2.18. The zero-order chi connectivity index (χ0) is 45.9. The van der Waals surface area contributed by atoms with E-state index in [-0.39, 0.29) is 24.9 Å². The van der Waals surface area contributed by atoms with Gasteiger partial charge in [-0.25, -0.2) is 0 Å². The number of aliphatic hydroxyl groups excluding tert-OH is 2. The molecule has 0 aliphatic rings. The first-order chi connectivity index (χ1) is 31.0. The number of aliphatic hydroxyl groups is 2. The SMILES string of the molecule is CC/C=C/C/C=C/C/C=C/CCCCCCC(=O)OC(CCCCC/C=C/CCCCCCCCCCC)CC(=O)NC(CO)C(O)CCCCCCCCCCCCCCCC. The number of amides is 1. The number of nitrogens with one attached hydrogen (secondary N) is 1. The minimum absolute atomic E-state index is 0.0590. The first-order valence-corrected chi connectivity index (χ1v) is 27.4.